The van der Waals surface area contributed by atoms with Gasteiger partial charge in [0.1, 0.15) is 0 Å². The molecule has 0 aliphatic heterocycles. The molecule has 0 bridgehead atoms. The fourth-order valence-corrected chi connectivity index (χ4v) is 3.25. The fourth-order valence-electron chi connectivity index (χ4n) is 2.04. The van der Waals surface area contributed by atoms with E-state index in [-0.39, 0.29) is 0 Å². The van der Waals surface area contributed by atoms with Gasteiger partial charge < -0.3 is 9.88 Å². The topological polar surface area (TPSA) is 63.1 Å². The Morgan fingerprint density at radius 3 is 2.45 bits per heavy atom. The molecule has 0 radical (unpaired) electrons. The molecule has 1 rings (SSSR count). The Balaban J connectivity index is 2.77. The fraction of sp³-hybridized carbons (Fsp3) is 0.714. The quantitative estimate of drug-likeness (QED) is 0.731. The normalized spacial score (nSPS) is 12.2. The maximum Gasteiger partial charge on any atom is 0.242 e. The van der Waals surface area contributed by atoms with Crippen molar-refractivity contribution < 1.29 is 8.42 Å². The summed E-state index contributed by atoms with van der Waals surface area (Å²) in [6, 6.07) is 1.73. The lowest BCUT2D eigenvalue weighted by Gasteiger charge is -2.12. The van der Waals surface area contributed by atoms with Crippen molar-refractivity contribution in [1.82, 2.24) is 14.6 Å². The summed E-state index contributed by atoms with van der Waals surface area (Å²) < 4.78 is 29.1. The van der Waals surface area contributed by atoms with Crippen LogP contribution in [0.25, 0.3) is 0 Å². The monoisotopic (exact) mass is 301 g/mol. The third-order valence-corrected chi connectivity index (χ3v) is 5.06. The highest BCUT2D eigenvalue weighted by Crippen LogP contribution is 2.14. The first-order valence-corrected chi connectivity index (χ1v) is 8.78. The van der Waals surface area contributed by atoms with E-state index in [1.807, 2.05) is 18.5 Å². The number of aryl methyl sites for hydroxylation is 1. The molecular weight excluding hydrogens is 274 g/mol. The Hall–Kier alpha value is -0.850. The summed E-state index contributed by atoms with van der Waals surface area (Å²) in [6.45, 7) is 8.23. The molecule has 2 N–H and O–H groups in total. The molecule has 0 atom stereocenters. The minimum absolute atomic E-state index is 0.346. The number of sulfonamides is 1. The van der Waals surface area contributed by atoms with Crippen molar-refractivity contribution >= 4 is 10.0 Å². The van der Waals surface area contributed by atoms with Gasteiger partial charge in [-0.05, 0) is 18.5 Å². The van der Waals surface area contributed by atoms with E-state index in [1.165, 1.54) is 0 Å². The van der Waals surface area contributed by atoms with Gasteiger partial charge in [-0.3, -0.25) is 0 Å². The van der Waals surface area contributed by atoms with Gasteiger partial charge in [0.15, 0.2) is 0 Å². The van der Waals surface area contributed by atoms with E-state index in [0.29, 0.717) is 23.9 Å². The van der Waals surface area contributed by atoms with E-state index in [1.54, 1.807) is 12.3 Å². The van der Waals surface area contributed by atoms with Crippen LogP contribution >= 0.6 is 0 Å². The number of hydrogen-bond acceptors (Lipinski definition) is 3. The van der Waals surface area contributed by atoms with Gasteiger partial charge in [-0.1, -0.05) is 33.6 Å². The summed E-state index contributed by atoms with van der Waals surface area (Å²) >= 11 is 0. The molecule has 0 aliphatic rings. The first-order valence-electron chi connectivity index (χ1n) is 7.30. The van der Waals surface area contributed by atoms with E-state index < -0.39 is 10.0 Å². The summed E-state index contributed by atoms with van der Waals surface area (Å²) in [5.74, 6) is 0.398. The standard InChI is InChI=1S/C14H27N3O2S/c1-5-12(6-2)9-16-20(18,19)14-8-13(10-15-7-3)17(4)11-14/h8,11-12,15-16H,5-7,9-10H2,1-4H3. The largest absolute Gasteiger partial charge is 0.352 e. The number of rotatable bonds is 9. The molecule has 116 valence electrons. The van der Waals surface area contributed by atoms with Crippen LogP contribution in [0.3, 0.4) is 0 Å². The van der Waals surface area contributed by atoms with Gasteiger partial charge >= 0.3 is 0 Å². The number of aromatic nitrogens is 1. The lowest BCUT2D eigenvalue weighted by molar-refractivity contribution is 0.479. The third-order valence-electron chi connectivity index (χ3n) is 3.67. The number of nitrogens with zero attached hydrogens (tertiary/aromatic N) is 1. The van der Waals surface area contributed by atoms with E-state index in [4.69, 9.17) is 0 Å². The van der Waals surface area contributed by atoms with E-state index in [9.17, 15) is 8.42 Å². The van der Waals surface area contributed by atoms with Crippen LogP contribution in [0.15, 0.2) is 17.2 Å². The molecule has 0 saturated heterocycles. The molecule has 0 fully saturated rings. The molecule has 1 aromatic heterocycles. The van der Waals surface area contributed by atoms with Crippen LogP contribution in [0.5, 0.6) is 0 Å². The highest BCUT2D eigenvalue weighted by molar-refractivity contribution is 7.89. The lowest BCUT2D eigenvalue weighted by atomic mass is 10.0. The second-order valence-corrected chi connectivity index (χ2v) is 6.86. The van der Waals surface area contributed by atoms with Crippen molar-refractivity contribution in [3.8, 4) is 0 Å². The molecule has 6 heteroatoms. The van der Waals surface area contributed by atoms with Gasteiger partial charge in [0, 0.05) is 32.0 Å². The second-order valence-electron chi connectivity index (χ2n) is 5.09. The van der Waals surface area contributed by atoms with Crippen molar-refractivity contribution in [2.45, 2.75) is 45.1 Å². The average molecular weight is 301 g/mol. The Morgan fingerprint density at radius 1 is 1.25 bits per heavy atom. The van der Waals surface area contributed by atoms with Crippen molar-refractivity contribution in [3.63, 3.8) is 0 Å². The van der Waals surface area contributed by atoms with Crippen molar-refractivity contribution in [2.24, 2.45) is 13.0 Å². The Morgan fingerprint density at radius 2 is 1.90 bits per heavy atom. The highest BCUT2D eigenvalue weighted by Gasteiger charge is 2.18. The zero-order valence-corrected chi connectivity index (χ0v) is 13.8. The van der Waals surface area contributed by atoms with Crippen LogP contribution in [0.1, 0.15) is 39.3 Å². The summed E-state index contributed by atoms with van der Waals surface area (Å²) in [5.41, 5.74) is 0.967. The Labute approximate surface area is 122 Å². The maximum atomic E-state index is 12.3. The Bertz CT molecular complexity index is 504. The first kappa shape index (κ1) is 17.2. The van der Waals surface area contributed by atoms with E-state index in [2.05, 4.69) is 23.9 Å². The minimum Gasteiger partial charge on any atom is -0.352 e. The van der Waals surface area contributed by atoms with Crippen molar-refractivity contribution in [3.05, 3.63) is 18.0 Å². The van der Waals surface area contributed by atoms with Gasteiger partial charge in [-0.25, -0.2) is 13.1 Å². The van der Waals surface area contributed by atoms with Crippen molar-refractivity contribution in [2.75, 3.05) is 13.1 Å². The summed E-state index contributed by atoms with van der Waals surface area (Å²) in [7, 11) is -1.53. The molecule has 20 heavy (non-hydrogen) atoms. The first-order chi connectivity index (χ1) is 9.44. The lowest BCUT2D eigenvalue weighted by Crippen LogP contribution is -2.28. The SMILES string of the molecule is CCNCc1cc(S(=O)(=O)NCC(CC)CC)cn1C. The second kappa shape index (κ2) is 7.81. The number of nitrogens with one attached hydrogen (secondary N) is 2. The van der Waals surface area contributed by atoms with Gasteiger partial charge in [0.25, 0.3) is 0 Å². The smallest absolute Gasteiger partial charge is 0.242 e. The van der Waals surface area contributed by atoms with Crippen LogP contribution in [0.4, 0.5) is 0 Å². The molecule has 0 aromatic carbocycles. The molecule has 0 aliphatic carbocycles. The molecular formula is C14H27N3O2S. The third kappa shape index (κ3) is 4.61. The van der Waals surface area contributed by atoms with Gasteiger partial charge in [-0.2, -0.15) is 0 Å². The van der Waals surface area contributed by atoms with Gasteiger partial charge in [-0.15, -0.1) is 0 Å². The van der Waals surface area contributed by atoms with E-state index >= 15 is 0 Å². The molecule has 0 saturated carbocycles. The van der Waals surface area contributed by atoms with Crippen LogP contribution < -0.4 is 10.0 Å². The summed E-state index contributed by atoms with van der Waals surface area (Å²) in [5, 5.41) is 3.20. The molecule has 0 unspecified atom stereocenters. The molecule has 1 heterocycles. The average Bonchev–Trinajstić information content (AvgIpc) is 2.79. The predicted octanol–water partition coefficient (Wildman–Crippen LogP) is 1.85. The number of hydrogen-bond donors (Lipinski definition) is 2. The molecule has 1 aromatic rings. The molecule has 5 nitrogen and oxygen atoms in total. The van der Waals surface area contributed by atoms with Crippen LogP contribution in [-0.2, 0) is 23.6 Å². The highest BCUT2D eigenvalue weighted by atomic mass is 32.2. The minimum atomic E-state index is -3.40. The van der Waals surface area contributed by atoms with Crippen LogP contribution in [-0.4, -0.2) is 26.1 Å². The summed E-state index contributed by atoms with van der Waals surface area (Å²) in [6.07, 6.45) is 3.64. The van der Waals surface area contributed by atoms with Crippen LogP contribution in [0, 0.1) is 5.92 Å². The van der Waals surface area contributed by atoms with Crippen molar-refractivity contribution in [1.29, 1.82) is 0 Å². The van der Waals surface area contributed by atoms with E-state index in [0.717, 1.165) is 25.1 Å². The zero-order valence-electron chi connectivity index (χ0n) is 12.9. The predicted molar refractivity (Wildman–Crippen MR) is 82.1 cm³/mol. The van der Waals surface area contributed by atoms with Gasteiger partial charge in [0.05, 0.1) is 4.90 Å². The van der Waals surface area contributed by atoms with Gasteiger partial charge in [0.2, 0.25) is 10.0 Å². The maximum absolute atomic E-state index is 12.3. The molecule has 0 spiro atoms. The molecule has 0 amide bonds. The Kier molecular flexibility index (Phi) is 6.71. The zero-order chi connectivity index (χ0) is 15.2. The van der Waals surface area contributed by atoms with Crippen LogP contribution in [0.2, 0.25) is 0 Å². The summed E-state index contributed by atoms with van der Waals surface area (Å²) in [4.78, 5) is 0.346.